The van der Waals surface area contributed by atoms with Crippen LogP contribution in [-0.4, -0.2) is 25.6 Å². The van der Waals surface area contributed by atoms with Crippen molar-refractivity contribution in [3.05, 3.63) is 29.3 Å². The molecule has 0 spiro atoms. The second-order valence-corrected chi connectivity index (χ2v) is 5.47. The van der Waals surface area contributed by atoms with E-state index >= 15 is 0 Å². The number of aryl methyl sites for hydroxylation is 1. The van der Waals surface area contributed by atoms with Crippen LogP contribution in [0, 0.1) is 12.8 Å². The zero-order valence-corrected chi connectivity index (χ0v) is 12.7. The van der Waals surface area contributed by atoms with Crippen LogP contribution in [0.25, 0.3) is 0 Å². The van der Waals surface area contributed by atoms with Gasteiger partial charge in [0.2, 0.25) is 0 Å². The smallest absolute Gasteiger partial charge is 0.257 e. The fourth-order valence-electron chi connectivity index (χ4n) is 1.89. The summed E-state index contributed by atoms with van der Waals surface area (Å²) in [7, 11) is 0. The van der Waals surface area contributed by atoms with Gasteiger partial charge in [-0.3, -0.25) is 4.79 Å². The maximum absolute atomic E-state index is 11.7. The minimum atomic E-state index is -0.0788. The van der Waals surface area contributed by atoms with Gasteiger partial charge in [0, 0.05) is 6.54 Å². The highest BCUT2D eigenvalue weighted by molar-refractivity contribution is 5.77. The molecule has 3 N–H and O–H groups in total. The average Bonchev–Trinajstić information content (AvgIpc) is 2.37. The molecule has 0 aliphatic rings. The van der Waals surface area contributed by atoms with Gasteiger partial charge in [-0.15, -0.1) is 0 Å². The van der Waals surface area contributed by atoms with Crippen LogP contribution in [-0.2, 0) is 11.2 Å². The van der Waals surface area contributed by atoms with Crippen LogP contribution in [0.5, 0.6) is 5.75 Å². The van der Waals surface area contributed by atoms with Crippen molar-refractivity contribution in [1.82, 2.24) is 5.32 Å². The Morgan fingerprint density at radius 1 is 1.40 bits per heavy atom. The zero-order valence-electron chi connectivity index (χ0n) is 12.7. The number of nitrogens with two attached hydrogens (primary N) is 1. The highest BCUT2D eigenvalue weighted by Crippen LogP contribution is 2.20. The molecular formula is C16H26N2O2. The molecular weight excluding hydrogens is 252 g/mol. The Hall–Kier alpha value is -1.55. The van der Waals surface area contributed by atoms with E-state index in [2.05, 4.69) is 25.2 Å². The van der Waals surface area contributed by atoms with Crippen LogP contribution in [0.2, 0.25) is 0 Å². The van der Waals surface area contributed by atoms with Crippen LogP contribution < -0.4 is 15.8 Å². The lowest BCUT2D eigenvalue weighted by Crippen LogP contribution is -2.30. The Kier molecular flexibility index (Phi) is 7.09. The summed E-state index contributed by atoms with van der Waals surface area (Å²) < 4.78 is 5.60. The topological polar surface area (TPSA) is 64.3 Å². The first-order valence-corrected chi connectivity index (χ1v) is 7.22. The second-order valence-electron chi connectivity index (χ2n) is 5.47. The van der Waals surface area contributed by atoms with E-state index in [0.29, 0.717) is 19.0 Å². The quantitative estimate of drug-likeness (QED) is 0.765. The standard InChI is InChI=1S/C16H26N2O2/c1-12(2)7-9-18-16(19)11-20-15-5-4-13(3)10-14(15)6-8-17/h4-5,10,12H,6-9,11,17H2,1-3H3,(H,18,19). The van der Waals surface area contributed by atoms with Gasteiger partial charge in [0.15, 0.2) is 6.61 Å². The fourth-order valence-corrected chi connectivity index (χ4v) is 1.89. The average molecular weight is 278 g/mol. The highest BCUT2D eigenvalue weighted by atomic mass is 16.5. The van der Waals surface area contributed by atoms with Crippen molar-refractivity contribution >= 4 is 5.91 Å². The molecule has 0 saturated heterocycles. The minimum absolute atomic E-state index is 0.0543. The fraction of sp³-hybridized carbons (Fsp3) is 0.562. The molecule has 0 heterocycles. The van der Waals surface area contributed by atoms with Gasteiger partial charge < -0.3 is 15.8 Å². The first-order valence-electron chi connectivity index (χ1n) is 7.22. The second kappa shape index (κ2) is 8.59. The third-order valence-electron chi connectivity index (χ3n) is 3.03. The summed E-state index contributed by atoms with van der Waals surface area (Å²) >= 11 is 0. The van der Waals surface area contributed by atoms with Crippen LogP contribution in [0.15, 0.2) is 18.2 Å². The van der Waals surface area contributed by atoms with Gasteiger partial charge in [-0.05, 0) is 43.9 Å². The lowest BCUT2D eigenvalue weighted by Gasteiger charge is -2.12. The van der Waals surface area contributed by atoms with Gasteiger partial charge >= 0.3 is 0 Å². The number of nitrogens with one attached hydrogen (secondary N) is 1. The molecule has 1 aromatic carbocycles. The number of hydrogen-bond acceptors (Lipinski definition) is 3. The van der Waals surface area contributed by atoms with Gasteiger partial charge in [-0.25, -0.2) is 0 Å². The van der Waals surface area contributed by atoms with E-state index in [1.165, 1.54) is 5.56 Å². The van der Waals surface area contributed by atoms with E-state index < -0.39 is 0 Å². The summed E-state index contributed by atoms with van der Waals surface area (Å²) in [6, 6.07) is 5.94. The summed E-state index contributed by atoms with van der Waals surface area (Å²) in [5.74, 6) is 1.26. The monoisotopic (exact) mass is 278 g/mol. The van der Waals surface area contributed by atoms with Gasteiger partial charge in [-0.2, -0.15) is 0 Å². The van der Waals surface area contributed by atoms with E-state index in [1.54, 1.807) is 0 Å². The predicted octanol–water partition coefficient (Wildman–Crippen LogP) is 2.04. The molecule has 4 nitrogen and oxygen atoms in total. The Bertz CT molecular complexity index is 430. The molecule has 1 aromatic rings. The lowest BCUT2D eigenvalue weighted by atomic mass is 10.1. The van der Waals surface area contributed by atoms with Crippen LogP contribution in [0.3, 0.4) is 0 Å². The summed E-state index contributed by atoms with van der Waals surface area (Å²) in [5, 5.41) is 2.86. The van der Waals surface area contributed by atoms with Crippen molar-refractivity contribution in [3.8, 4) is 5.75 Å². The van der Waals surface area contributed by atoms with Crippen LogP contribution >= 0.6 is 0 Å². The number of hydrogen-bond donors (Lipinski definition) is 2. The molecule has 0 saturated carbocycles. The Morgan fingerprint density at radius 2 is 2.15 bits per heavy atom. The van der Waals surface area contributed by atoms with Crippen molar-refractivity contribution in [2.24, 2.45) is 11.7 Å². The Balaban J connectivity index is 2.46. The number of ether oxygens (including phenoxy) is 1. The molecule has 0 aliphatic carbocycles. The Labute approximate surface area is 121 Å². The third-order valence-corrected chi connectivity index (χ3v) is 3.03. The molecule has 112 valence electrons. The number of amides is 1. The Morgan fingerprint density at radius 3 is 2.80 bits per heavy atom. The molecule has 0 radical (unpaired) electrons. The predicted molar refractivity (Wildman–Crippen MR) is 81.9 cm³/mol. The van der Waals surface area contributed by atoms with Crippen molar-refractivity contribution < 1.29 is 9.53 Å². The first-order chi connectivity index (χ1) is 9.52. The molecule has 0 atom stereocenters. The first kappa shape index (κ1) is 16.5. The number of rotatable bonds is 8. The van der Waals surface area contributed by atoms with E-state index in [4.69, 9.17) is 10.5 Å². The van der Waals surface area contributed by atoms with E-state index in [-0.39, 0.29) is 12.5 Å². The summed E-state index contributed by atoms with van der Waals surface area (Å²) in [4.78, 5) is 11.7. The van der Waals surface area contributed by atoms with Gasteiger partial charge in [-0.1, -0.05) is 31.5 Å². The van der Waals surface area contributed by atoms with Crippen LogP contribution in [0.1, 0.15) is 31.4 Å². The lowest BCUT2D eigenvalue weighted by molar-refractivity contribution is -0.123. The molecule has 0 aliphatic heterocycles. The molecule has 1 rings (SSSR count). The maximum Gasteiger partial charge on any atom is 0.257 e. The van der Waals surface area contributed by atoms with Gasteiger partial charge in [0.25, 0.3) is 5.91 Å². The number of carbonyl (C=O) groups is 1. The minimum Gasteiger partial charge on any atom is -0.483 e. The van der Waals surface area contributed by atoms with Crippen molar-refractivity contribution in [3.63, 3.8) is 0 Å². The van der Waals surface area contributed by atoms with Crippen molar-refractivity contribution in [1.29, 1.82) is 0 Å². The largest absolute Gasteiger partial charge is 0.483 e. The highest BCUT2D eigenvalue weighted by Gasteiger charge is 2.07. The molecule has 0 aromatic heterocycles. The SMILES string of the molecule is Cc1ccc(OCC(=O)NCCC(C)C)c(CCN)c1. The number of carbonyl (C=O) groups excluding carboxylic acids is 1. The normalized spacial score (nSPS) is 10.7. The summed E-state index contributed by atoms with van der Waals surface area (Å²) in [5.41, 5.74) is 7.82. The van der Waals surface area contributed by atoms with Crippen molar-refractivity contribution in [2.75, 3.05) is 19.7 Å². The molecule has 0 bridgehead atoms. The molecule has 20 heavy (non-hydrogen) atoms. The third kappa shape index (κ3) is 6.06. The van der Waals surface area contributed by atoms with Gasteiger partial charge in [0.1, 0.15) is 5.75 Å². The van der Waals surface area contributed by atoms with Crippen LogP contribution in [0.4, 0.5) is 0 Å². The number of benzene rings is 1. The zero-order chi connectivity index (χ0) is 15.0. The maximum atomic E-state index is 11.7. The van der Waals surface area contributed by atoms with E-state index in [0.717, 1.165) is 24.2 Å². The molecule has 0 fully saturated rings. The van der Waals surface area contributed by atoms with Crippen molar-refractivity contribution in [2.45, 2.75) is 33.6 Å². The van der Waals surface area contributed by atoms with Gasteiger partial charge in [0.05, 0.1) is 0 Å². The van der Waals surface area contributed by atoms with E-state index in [9.17, 15) is 4.79 Å². The summed E-state index contributed by atoms with van der Waals surface area (Å²) in [6.45, 7) is 7.62. The molecule has 4 heteroatoms. The summed E-state index contributed by atoms with van der Waals surface area (Å²) in [6.07, 6.45) is 1.74. The molecule has 1 amide bonds. The van der Waals surface area contributed by atoms with E-state index in [1.807, 2.05) is 19.1 Å². The molecule has 0 unspecified atom stereocenters.